The molecule has 8 heteroatoms. The van der Waals surface area contributed by atoms with Crippen LogP contribution in [0, 0.1) is 28.6 Å². The van der Waals surface area contributed by atoms with Crippen molar-refractivity contribution in [2.45, 2.75) is 51.5 Å². The summed E-state index contributed by atoms with van der Waals surface area (Å²) in [6.07, 6.45) is -7.05. The molecule has 1 aliphatic heterocycles. The Hall–Kier alpha value is -1.78. The standard InChI is InChI=1S/C14H16F3NO4/c1-3-13(2,6-18)12(20)22-10-5-8(14(15,16)17)7-4-9(10)21-11(7)19/h7-10H,3-5H2,1-2H3. The number of carbonyl (C=O) groups excluding carboxylic acids is 2. The molecule has 5 atom stereocenters. The van der Waals surface area contributed by atoms with Gasteiger partial charge in [-0.3, -0.25) is 9.59 Å². The van der Waals surface area contributed by atoms with Gasteiger partial charge in [-0.25, -0.2) is 0 Å². The maximum Gasteiger partial charge on any atom is 0.392 e. The maximum atomic E-state index is 13.0. The number of rotatable bonds is 3. The number of ether oxygens (including phenoxy) is 2. The molecular weight excluding hydrogens is 303 g/mol. The van der Waals surface area contributed by atoms with Crippen LogP contribution < -0.4 is 0 Å². The fourth-order valence-corrected chi connectivity index (χ4v) is 2.78. The summed E-state index contributed by atoms with van der Waals surface area (Å²) in [5.74, 6) is -4.89. The molecule has 0 N–H and O–H groups in total. The van der Waals surface area contributed by atoms with Crippen LogP contribution in [-0.4, -0.2) is 30.3 Å². The Bertz CT molecular complexity index is 527. The zero-order valence-electron chi connectivity index (χ0n) is 12.1. The number of hydrogen-bond acceptors (Lipinski definition) is 5. The predicted octanol–water partition coefficient (Wildman–Crippen LogP) is 2.35. The summed E-state index contributed by atoms with van der Waals surface area (Å²) in [6, 6.07) is 1.81. The summed E-state index contributed by atoms with van der Waals surface area (Å²) >= 11 is 0. The first-order valence-corrected chi connectivity index (χ1v) is 7.02. The SMILES string of the molecule is CCC(C)(C#N)C(=O)OC1CC(C(F)(F)F)C2CC1OC2=O. The largest absolute Gasteiger partial charge is 0.458 e. The summed E-state index contributed by atoms with van der Waals surface area (Å²) in [6.45, 7) is 2.97. The number of halogens is 3. The Labute approximate surface area is 125 Å². The minimum absolute atomic E-state index is 0.115. The predicted molar refractivity (Wildman–Crippen MR) is 66.0 cm³/mol. The molecule has 122 valence electrons. The average molecular weight is 319 g/mol. The van der Waals surface area contributed by atoms with Gasteiger partial charge in [0.1, 0.15) is 12.2 Å². The van der Waals surface area contributed by atoms with Crippen molar-refractivity contribution in [2.75, 3.05) is 0 Å². The van der Waals surface area contributed by atoms with Crippen molar-refractivity contribution in [1.82, 2.24) is 0 Å². The van der Waals surface area contributed by atoms with Gasteiger partial charge in [0.25, 0.3) is 0 Å². The number of esters is 2. The molecule has 1 saturated heterocycles. The van der Waals surface area contributed by atoms with Crippen molar-refractivity contribution < 1.29 is 32.2 Å². The second-order valence-electron chi connectivity index (χ2n) is 5.94. The minimum atomic E-state index is -4.56. The zero-order valence-corrected chi connectivity index (χ0v) is 12.1. The van der Waals surface area contributed by atoms with Gasteiger partial charge in [-0.2, -0.15) is 18.4 Å². The fraction of sp³-hybridized carbons (Fsp3) is 0.786. The molecule has 0 aromatic heterocycles. The van der Waals surface area contributed by atoms with Gasteiger partial charge in [-0.05, 0) is 13.3 Å². The van der Waals surface area contributed by atoms with E-state index in [1.165, 1.54) is 6.92 Å². The highest BCUT2D eigenvalue weighted by Crippen LogP contribution is 2.47. The third-order valence-corrected chi connectivity index (χ3v) is 4.53. The molecule has 0 amide bonds. The summed E-state index contributed by atoms with van der Waals surface area (Å²) < 4.78 is 49.1. The lowest BCUT2D eigenvalue weighted by Gasteiger charge is -2.33. The van der Waals surface area contributed by atoms with E-state index in [1.54, 1.807) is 13.0 Å². The topological polar surface area (TPSA) is 76.4 Å². The molecule has 22 heavy (non-hydrogen) atoms. The third-order valence-electron chi connectivity index (χ3n) is 4.53. The van der Waals surface area contributed by atoms with Crippen LogP contribution in [0.4, 0.5) is 13.2 Å². The Balaban J connectivity index is 2.17. The van der Waals surface area contributed by atoms with Crippen LogP contribution in [0.2, 0.25) is 0 Å². The lowest BCUT2D eigenvalue weighted by Crippen LogP contribution is -2.44. The smallest absolute Gasteiger partial charge is 0.392 e. The van der Waals surface area contributed by atoms with Gasteiger partial charge in [0.2, 0.25) is 0 Å². The van der Waals surface area contributed by atoms with Crippen LogP contribution in [0.15, 0.2) is 0 Å². The van der Waals surface area contributed by atoms with E-state index in [2.05, 4.69) is 0 Å². The lowest BCUT2D eigenvalue weighted by atomic mass is 9.78. The molecule has 5 nitrogen and oxygen atoms in total. The highest BCUT2D eigenvalue weighted by Gasteiger charge is 2.59. The molecule has 0 radical (unpaired) electrons. The van der Waals surface area contributed by atoms with E-state index >= 15 is 0 Å². The van der Waals surface area contributed by atoms with E-state index in [-0.39, 0.29) is 12.8 Å². The molecule has 0 aromatic carbocycles. The van der Waals surface area contributed by atoms with Crippen molar-refractivity contribution in [3.05, 3.63) is 0 Å². The number of nitriles is 1. The Morgan fingerprint density at radius 2 is 2.09 bits per heavy atom. The van der Waals surface area contributed by atoms with Gasteiger partial charge in [0.15, 0.2) is 5.41 Å². The molecule has 1 heterocycles. The van der Waals surface area contributed by atoms with E-state index in [9.17, 15) is 22.8 Å². The number of nitrogens with zero attached hydrogens (tertiary/aromatic N) is 1. The highest BCUT2D eigenvalue weighted by molar-refractivity contribution is 5.80. The molecule has 1 saturated carbocycles. The highest BCUT2D eigenvalue weighted by atomic mass is 19.4. The molecule has 2 bridgehead atoms. The summed E-state index contributed by atoms with van der Waals surface area (Å²) in [5, 5.41) is 9.02. The monoisotopic (exact) mass is 319 g/mol. The van der Waals surface area contributed by atoms with Gasteiger partial charge in [0, 0.05) is 12.8 Å². The second kappa shape index (κ2) is 5.45. The van der Waals surface area contributed by atoms with Gasteiger partial charge in [-0.15, -0.1) is 0 Å². The first-order valence-electron chi connectivity index (χ1n) is 7.02. The Morgan fingerprint density at radius 3 is 2.59 bits per heavy atom. The minimum Gasteiger partial charge on any atom is -0.458 e. The van der Waals surface area contributed by atoms with Crippen molar-refractivity contribution in [1.29, 1.82) is 5.26 Å². The van der Waals surface area contributed by atoms with Gasteiger partial charge in [-0.1, -0.05) is 6.92 Å². The first-order chi connectivity index (χ1) is 10.1. The van der Waals surface area contributed by atoms with Crippen LogP contribution in [0.1, 0.15) is 33.1 Å². The average Bonchev–Trinajstić information content (AvgIpc) is 2.76. The van der Waals surface area contributed by atoms with Crippen LogP contribution >= 0.6 is 0 Å². The van der Waals surface area contributed by atoms with Crippen LogP contribution in [0.25, 0.3) is 0 Å². The second-order valence-corrected chi connectivity index (χ2v) is 5.94. The number of hydrogen-bond donors (Lipinski definition) is 0. The van der Waals surface area contributed by atoms with Crippen molar-refractivity contribution in [3.8, 4) is 6.07 Å². The molecular formula is C14H16F3NO4. The molecule has 2 fully saturated rings. The maximum absolute atomic E-state index is 13.0. The van der Waals surface area contributed by atoms with E-state index < -0.39 is 54.0 Å². The van der Waals surface area contributed by atoms with E-state index in [4.69, 9.17) is 14.7 Å². The molecule has 5 unspecified atom stereocenters. The first kappa shape index (κ1) is 16.6. The van der Waals surface area contributed by atoms with E-state index in [0.29, 0.717) is 0 Å². The Kier molecular flexibility index (Phi) is 4.11. The molecule has 0 spiro atoms. The third kappa shape index (κ3) is 2.76. The molecule has 2 rings (SSSR count). The number of alkyl halides is 3. The van der Waals surface area contributed by atoms with Crippen LogP contribution in [-0.2, 0) is 19.1 Å². The fourth-order valence-electron chi connectivity index (χ4n) is 2.78. The van der Waals surface area contributed by atoms with Gasteiger partial charge < -0.3 is 9.47 Å². The Morgan fingerprint density at radius 1 is 1.45 bits per heavy atom. The van der Waals surface area contributed by atoms with E-state index in [1.807, 2.05) is 0 Å². The van der Waals surface area contributed by atoms with Crippen molar-refractivity contribution >= 4 is 11.9 Å². The van der Waals surface area contributed by atoms with E-state index in [0.717, 1.165) is 0 Å². The lowest BCUT2D eigenvalue weighted by molar-refractivity contribution is -0.206. The van der Waals surface area contributed by atoms with Crippen molar-refractivity contribution in [2.24, 2.45) is 17.3 Å². The summed E-state index contributed by atoms with van der Waals surface area (Å²) in [5.41, 5.74) is -1.42. The van der Waals surface area contributed by atoms with Crippen molar-refractivity contribution in [3.63, 3.8) is 0 Å². The molecule has 0 aromatic rings. The molecule has 2 aliphatic rings. The van der Waals surface area contributed by atoms with Gasteiger partial charge in [0.05, 0.1) is 17.9 Å². The van der Waals surface area contributed by atoms with Crippen LogP contribution in [0.5, 0.6) is 0 Å². The number of fused-ring (bicyclic) bond motifs is 2. The normalized spacial score (nSPS) is 33.5. The molecule has 1 aliphatic carbocycles. The zero-order chi connectivity index (χ0) is 16.7. The quantitative estimate of drug-likeness (QED) is 0.746. The summed E-state index contributed by atoms with van der Waals surface area (Å²) in [4.78, 5) is 23.6. The van der Waals surface area contributed by atoms with Crippen LogP contribution in [0.3, 0.4) is 0 Å². The summed E-state index contributed by atoms with van der Waals surface area (Å²) in [7, 11) is 0. The van der Waals surface area contributed by atoms with Gasteiger partial charge >= 0.3 is 18.1 Å². The number of carbonyl (C=O) groups is 2.